The summed E-state index contributed by atoms with van der Waals surface area (Å²) < 4.78 is 14.5. The van der Waals surface area contributed by atoms with Crippen LogP contribution in [-0.2, 0) is 14.2 Å². The second-order valence-electron chi connectivity index (χ2n) is 7.98. The van der Waals surface area contributed by atoms with Gasteiger partial charge in [0.2, 0.25) is 0 Å². The highest BCUT2D eigenvalue weighted by molar-refractivity contribution is 5.93. The van der Waals surface area contributed by atoms with E-state index < -0.39 is 29.4 Å². The lowest BCUT2D eigenvalue weighted by molar-refractivity contribution is 0.0524. The van der Waals surface area contributed by atoms with Crippen molar-refractivity contribution in [1.29, 1.82) is 0 Å². The van der Waals surface area contributed by atoms with E-state index >= 15 is 0 Å². The average Bonchev–Trinajstić information content (AvgIpc) is 2.51. The number of rotatable bonds is 4. The molecule has 0 radical (unpaired) electrons. The van der Waals surface area contributed by atoms with Gasteiger partial charge in [0.1, 0.15) is 11.2 Å². The van der Waals surface area contributed by atoms with Crippen molar-refractivity contribution in [3.63, 3.8) is 0 Å². The Bertz CT molecular complexity index is 764. The summed E-state index contributed by atoms with van der Waals surface area (Å²) in [4.78, 5) is 36.7. The van der Waals surface area contributed by atoms with E-state index in [1.165, 1.54) is 12.4 Å². The fraction of sp³-hybridized carbons (Fsp3) is 0.500. The number of aliphatic imine (C=N–C) groups is 1. The zero-order valence-corrected chi connectivity index (χ0v) is 18.6. The Labute approximate surface area is 176 Å². The third-order valence-electron chi connectivity index (χ3n) is 2.67. The van der Waals surface area contributed by atoms with Crippen LogP contribution >= 0.6 is 0 Å². The quantitative estimate of drug-likeness (QED) is 0.217. The molecule has 168 valence electrons. The number of ether oxygens (including phenoxy) is 3. The van der Waals surface area contributed by atoms with Crippen LogP contribution in [0.3, 0.4) is 0 Å². The van der Waals surface area contributed by atoms with E-state index in [1.807, 2.05) is 0 Å². The average molecular weight is 424 g/mol. The summed E-state index contributed by atoms with van der Waals surface area (Å²) in [6.45, 7) is 12.5. The van der Waals surface area contributed by atoms with Crippen LogP contribution in [-0.4, -0.2) is 42.3 Å². The van der Waals surface area contributed by atoms with Gasteiger partial charge >= 0.3 is 18.2 Å². The summed E-state index contributed by atoms with van der Waals surface area (Å²) in [7, 11) is 0. The maximum atomic E-state index is 11.7. The van der Waals surface area contributed by atoms with Crippen molar-refractivity contribution in [2.24, 2.45) is 10.7 Å². The third-order valence-corrected chi connectivity index (χ3v) is 2.67. The minimum absolute atomic E-state index is 0.274. The Morgan fingerprint density at radius 3 is 2.03 bits per heavy atom. The smallest absolute Gasteiger partial charge is 0.435 e. The van der Waals surface area contributed by atoms with Crippen molar-refractivity contribution in [3.8, 4) is 0 Å². The van der Waals surface area contributed by atoms with Crippen molar-refractivity contribution < 1.29 is 28.6 Å². The molecule has 0 atom stereocenters. The van der Waals surface area contributed by atoms with E-state index in [-0.39, 0.29) is 6.61 Å². The molecule has 0 saturated carbocycles. The van der Waals surface area contributed by atoms with Gasteiger partial charge in [-0.15, -0.1) is 0 Å². The first-order valence-corrected chi connectivity index (χ1v) is 9.21. The number of amides is 2. The van der Waals surface area contributed by atoms with Crippen molar-refractivity contribution in [2.75, 3.05) is 17.7 Å². The number of nitrogen functional groups attached to an aromatic ring is 1. The number of carbonyl (C=O) groups is 3. The normalized spacial score (nSPS) is 11.2. The van der Waals surface area contributed by atoms with Crippen molar-refractivity contribution in [2.45, 2.75) is 59.7 Å². The Balaban J connectivity index is 0.000000890. The van der Waals surface area contributed by atoms with Crippen LogP contribution in [0.25, 0.3) is 0 Å². The molecule has 0 aromatic heterocycles. The molecule has 0 bridgehead atoms. The minimum atomic E-state index is -0.725. The summed E-state index contributed by atoms with van der Waals surface area (Å²) in [5, 5.41) is 2.76. The predicted octanol–water partition coefficient (Wildman–Crippen LogP) is 3.70. The monoisotopic (exact) mass is 424 g/mol. The highest BCUT2D eigenvalue weighted by Gasteiger charge is 2.15. The van der Waals surface area contributed by atoms with Gasteiger partial charge in [-0.05, 0) is 66.7 Å². The number of nitrogens with one attached hydrogen (secondary N) is 1. The van der Waals surface area contributed by atoms with Crippen molar-refractivity contribution in [3.05, 3.63) is 23.8 Å². The highest BCUT2D eigenvalue weighted by Crippen LogP contribution is 2.17. The van der Waals surface area contributed by atoms with Crippen LogP contribution in [0.4, 0.5) is 21.0 Å². The van der Waals surface area contributed by atoms with E-state index in [9.17, 15) is 14.4 Å². The van der Waals surface area contributed by atoms with Crippen molar-refractivity contribution >= 4 is 35.9 Å². The van der Waals surface area contributed by atoms with Gasteiger partial charge in [0.15, 0.2) is 0 Å². The molecule has 10 nitrogen and oxygen atoms in total. The van der Waals surface area contributed by atoms with Crippen LogP contribution in [0.5, 0.6) is 0 Å². The number of hydrogen-bond donors (Lipinski definition) is 3. The SMILES string of the molecule is CC(C)(C)OC(N)=O.CCOC(=O)c1cc(N)cc(NC=NC(=O)OC(C)(C)C)c1. The second kappa shape index (κ2) is 11.6. The topological polar surface area (TPSA) is 155 Å². The number of carbonyl (C=O) groups excluding carboxylic acids is 3. The molecule has 10 heteroatoms. The summed E-state index contributed by atoms with van der Waals surface area (Å²) in [5.74, 6) is -0.470. The molecule has 0 aliphatic carbocycles. The molecule has 5 N–H and O–H groups in total. The highest BCUT2D eigenvalue weighted by atomic mass is 16.6. The molecule has 2 amide bonds. The van der Waals surface area contributed by atoms with E-state index in [4.69, 9.17) is 20.9 Å². The lowest BCUT2D eigenvalue weighted by Gasteiger charge is -2.17. The van der Waals surface area contributed by atoms with Gasteiger partial charge < -0.3 is 31.0 Å². The molecule has 1 aromatic carbocycles. The fourth-order valence-electron chi connectivity index (χ4n) is 1.82. The molecule has 0 saturated heterocycles. The maximum Gasteiger partial charge on any atom is 0.435 e. The molecule has 0 unspecified atom stereocenters. The first kappa shape index (κ1) is 26.7. The van der Waals surface area contributed by atoms with E-state index in [0.29, 0.717) is 16.9 Å². The number of nitrogens with two attached hydrogens (primary N) is 2. The van der Waals surface area contributed by atoms with Crippen LogP contribution < -0.4 is 16.8 Å². The number of hydrogen-bond acceptors (Lipinski definition) is 7. The molecule has 30 heavy (non-hydrogen) atoms. The van der Waals surface area contributed by atoms with E-state index in [2.05, 4.69) is 15.0 Å². The Morgan fingerprint density at radius 2 is 1.60 bits per heavy atom. The molecule has 0 aliphatic heterocycles. The fourth-order valence-corrected chi connectivity index (χ4v) is 1.82. The summed E-state index contributed by atoms with van der Waals surface area (Å²) >= 11 is 0. The number of benzene rings is 1. The van der Waals surface area contributed by atoms with Gasteiger partial charge in [-0.25, -0.2) is 14.4 Å². The van der Waals surface area contributed by atoms with Crippen LogP contribution in [0.15, 0.2) is 23.2 Å². The van der Waals surface area contributed by atoms with Gasteiger partial charge in [0.05, 0.1) is 18.5 Å². The summed E-state index contributed by atoms with van der Waals surface area (Å²) in [6, 6.07) is 4.66. The summed E-state index contributed by atoms with van der Waals surface area (Å²) in [5.41, 5.74) is 10.6. The first-order chi connectivity index (χ1) is 13.6. The largest absolute Gasteiger partial charge is 0.462 e. The zero-order valence-electron chi connectivity index (χ0n) is 18.6. The lowest BCUT2D eigenvalue weighted by Crippen LogP contribution is -2.27. The molecular formula is C20H32N4O6. The zero-order chi connectivity index (χ0) is 23.5. The molecule has 1 aromatic rings. The van der Waals surface area contributed by atoms with E-state index in [0.717, 1.165) is 0 Å². The van der Waals surface area contributed by atoms with Gasteiger partial charge in [-0.1, -0.05) is 0 Å². The number of esters is 1. The molecular weight excluding hydrogens is 392 g/mol. The molecule has 0 aliphatic rings. The number of anilines is 2. The summed E-state index contributed by atoms with van der Waals surface area (Å²) in [6.07, 6.45) is -0.260. The lowest BCUT2D eigenvalue weighted by atomic mass is 10.2. The first-order valence-electron chi connectivity index (χ1n) is 9.21. The molecule has 0 spiro atoms. The number of primary amides is 1. The van der Waals surface area contributed by atoms with Gasteiger partial charge in [0, 0.05) is 11.4 Å². The molecule has 1 rings (SSSR count). The third kappa shape index (κ3) is 13.8. The predicted molar refractivity (Wildman–Crippen MR) is 116 cm³/mol. The van der Waals surface area contributed by atoms with Crippen molar-refractivity contribution in [1.82, 2.24) is 0 Å². The maximum absolute atomic E-state index is 11.7. The van der Waals surface area contributed by atoms with Crippen LogP contribution in [0.1, 0.15) is 58.8 Å². The van der Waals surface area contributed by atoms with Crippen LogP contribution in [0, 0.1) is 0 Å². The van der Waals surface area contributed by atoms with Crippen LogP contribution in [0.2, 0.25) is 0 Å². The molecule has 0 fully saturated rings. The van der Waals surface area contributed by atoms with Gasteiger partial charge in [-0.3, -0.25) is 0 Å². The second-order valence-corrected chi connectivity index (χ2v) is 7.98. The Morgan fingerprint density at radius 1 is 1.03 bits per heavy atom. The Hall–Kier alpha value is -3.30. The number of nitrogens with zero attached hydrogens (tertiary/aromatic N) is 1. The molecule has 0 heterocycles. The van der Waals surface area contributed by atoms with E-state index in [1.54, 1.807) is 60.6 Å². The standard InChI is InChI=1S/C15H21N3O4.C5H11NO2/c1-5-21-13(19)10-6-11(16)8-12(7-10)17-9-18-14(20)22-15(2,3)4;1-5(2,3)8-4(6)7/h6-9H,5,16H2,1-4H3,(H,17,18,20);1-3H3,(H2,6,7). The minimum Gasteiger partial charge on any atom is -0.462 e. The van der Waals surface area contributed by atoms with Gasteiger partial charge in [-0.2, -0.15) is 4.99 Å². The van der Waals surface area contributed by atoms with Gasteiger partial charge in [0.25, 0.3) is 0 Å². The Kier molecular flexibility index (Phi) is 10.4.